The fraction of sp³-hybridized carbons (Fsp3) is 0.833. The third-order valence-corrected chi connectivity index (χ3v) is 2.57. The fourth-order valence-corrected chi connectivity index (χ4v) is 1.42. The summed E-state index contributed by atoms with van der Waals surface area (Å²) in [5.74, 6) is 0.0429. The first-order chi connectivity index (χ1) is 8.13. The number of esters is 1. The molecule has 0 fully saturated rings. The number of hydrogen-bond donors (Lipinski definition) is 2. The van der Waals surface area contributed by atoms with Gasteiger partial charge in [0.05, 0.1) is 6.61 Å². The molecule has 1 unspecified atom stereocenters. The molecule has 1 amide bonds. The third-order valence-electron chi connectivity index (χ3n) is 2.57. The summed E-state index contributed by atoms with van der Waals surface area (Å²) >= 11 is 0. The summed E-state index contributed by atoms with van der Waals surface area (Å²) < 4.78 is 4.78. The van der Waals surface area contributed by atoms with E-state index in [-0.39, 0.29) is 17.8 Å². The molecule has 100 valence electrons. The highest BCUT2D eigenvalue weighted by atomic mass is 16.5. The molecule has 5 heteroatoms. The van der Waals surface area contributed by atoms with E-state index in [4.69, 9.17) is 10.5 Å². The Morgan fingerprint density at radius 2 is 2.06 bits per heavy atom. The van der Waals surface area contributed by atoms with Crippen molar-refractivity contribution in [3.63, 3.8) is 0 Å². The van der Waals surface area contributed by atoms with Crippen molar-refractivity contribution in [2.75, 3.05) is 19.7 Å². The Kier molecular flexibility index (Phi) is 9.43. The largest absolute Gasteiger partial charge is 0.466 e. The van der Waals surface area contributed by atoms with Gasteiger partial charge < -0.3 is 15.8 Å². The first-order valence-electron chi connectivity index (χ1n) is 6.26. The molecule has 0 radical (unpaired) electrons. The van der Waals surface area contributed by atoms with Gasteiger partial charge in [0.15, 0.2) is 0 Å². The van der Waals surface area contributed by atoms with Gasteiger partial charge in [-0.15, -0.1) is 0 Å². The third kappa shape index (κ3) is 8.68. The van der Waals surface area contributed by atoms with E-state index in [9.17, 15) is 9.59 Å². The first kappa shape index (κ1) is 15.9. The van der Waals surface area contributed by atoms with Crippen molar-refractivity contribution < 1.29 is 14.3 Å². The monoisotopic (exact) mass is 244 g/mol. The molecule has 0 bridgehead atoms. The zero-order valence-corrected chi connectivity index (χ0v) is 10.8. The number of ether oxygens (including phenoxy) is 1. The lowest BCUT2D eigenvalue weighted by Crippen LogP contribution is -2.29. The summed E-state index contributed by atoms with van der Waals surface area (Å²) in [6.45, 7) is 5.24. The molecule has 17 heavy (non-hydrogen) atoms. The van der Waals surface area contributed by atoms with E-state index in [0.717, 1.165) is 6.42 Å². The van der Waals surface area contributed by atoms with Crippen LogP contribution >= 0.6 is 0 Å². The average Bonchev–Trinajstić information content (AvgIpc) is 2.32. The Balaban J connectivity index is 3.54. The summed E-state index contributed by atoms with van der Waals surface area (Å²) in [7, 11) is 0. The Morgan fingerprint density at radius 1 is 1.35 bits per heavy atom. The van der Waals surface area contributed by atoms with E-state index in [2.05, 4.69) is 5.32 Å². The van der Waals surface area contributed by atoms with E-state index >= 15 is 0 Å². The van der Waals surface area contributed by atoms with E-state index in [1.165, 1.54) is 0 Å². The van der Waals surface area contributed by atoms with Gasteiger partial charge in [-0.3, -0.25) is 9.59 Å². The molecule has 0 saturated heterocycles. The van der Waals surface area contributed by atoms with Gasteiger partial charge in [0.2, 0.25) is 5.91 Å². The second kappa shape index (κ2) is 10.1. The highest BCUT2D eigenvalue weighted by molar-refractivity contribution is 5.76. The normalized spacial score (nSPS) is 11.9. The molecule has 0 aliphatic rings. The molecule has 0 spiro atoms. The summed E-state index contributed by atoms with van der Waals surface area (Å²) in [6, 6.07) is 0. The standard InChI is InChI=1S/C12H24N2O3/c1-3-10(9-13)8-11(15)14-7-5-6-12(16)17-4-2/h10H,3-9,13H2,1-2H3,(H,14,15). The quantitative estimate of drug-likeness (QED) is 0.465. The van der Waals surface area contributed by atoms with Gasteiger partial charge in [-0.05, 0) is 25.8 Å². The van der Waals surface area contributed by atoms with Crippen LogP contribution in [0.1, 0.15) is 39.5 Å². The van der Waals surface area contributed by atoms with E-state index in [0.29, 0.717) is 39.0 Å². The molecule has 1 atom stereocenters. The van der Waals surface area contributed by atoms with Crippen LogP contribution in [-0.2, 0) is 14.3 Å². The predicted octanol–water partition coefficient (Wildman–Crippen LogP) is 0.821. The number of amides is 1. The molecule has 0 saturated carbocycles. The van der Waals surface area contributed by atoms with Crippen LogP contribution < -0.4 is 11.1 Å². The Morgan fingerprint density at radius 3 is 2.59 bits per heavy atom. The van der Waals surface area contributed by atoms with Crippen LogP contribution in [0.3, 0.4) is 0 Å². The number of carbonyl (C=O) groups is 2. The Bertz CT molecular complexity index is 228. The van der Waals surface area contributed by atoms with Crippen molar-refractivity contribution in [3.05, 3.63) is 0 Å². The molecule has 0 aromatic carbocycles. The van der Waals surface area contributed by atoms with Crippen molar-refractivity contribution in [2.24, 2.45) is 11.7 Å². The van der Waals surface area contributed by atoms with Gasteiger partial charge in [0.25, 0.3) is 0 Å². The molecular formula is C12H24N2O3. The number of carbonyl (C=O) groups excluding carboxylic acids is 2. The van der Waals surface area contributed by atoms with Gasteiger partial charge >= 0.3 is 5.97 Å². The highest BCUT2D eigenvalue weighted by Crippen LogP contribution is 2.05. The average molecular weight is 244 g/mol. The molecule has 0 aromatic rings. The van der Waals surface area contributed by atoms with Crippen LogP contribution in [0.5, 0.6) is 0 Å². The van der Waals surface area contributed by atoms with Crippen LogP contribution in [0.2, 0.25) is 0 Å². The summed E-state index contributed by atoms with van der Waals surface area (Å²) in [6.07, 6.45) is 2.34. The maximum Gasteiger partial charge on any atom is 0.305 e. The van der Waals surface area contributed by atoms with E-state index in [1.807, 2.05) is 6.92 Å². The number of nitrogens with two attached hydrogens (primary N) is 1. The summed E-state index contributed by atoms with van der Waals surface area (Å²) in [4.78, 5) is 22.5. The lowest BCUT2D eigenvalue weighted by atomic mass is 10.0. The second-order valence-electron chi connectivity index (χ2n) is 3.97. The number of rotatable bonds is 9. The second-order valence-corrected chi connectivity index (χ2v) is 3.97. The maximum atomic E-state index is 11.5. The topological polar surface area (TPSA) is 81.4 Å². The molecule has 0 aliphatic carbocycles. The van der Waals surface area contributed by atoms with Gasteiger partial charge in [-0.1, -0.05) is 13.3 Å². The molecule has 0 aliphatic heterocycles. The lowest BCUT2D eigenvalue weighted by molar-refractivity contribution is -0.143. The maximum absolute atomic E-state index is 11.5. The predicted molar refractivity (Wildman–Crippen MR) is 66.3 cm³/mol. The minimum atomic E-state index is -0.213. The van der Waals surface area contributed by atoms with E-state index in [1.54, 1.807) is 6.92 Å². The zero-order chi connectivity index (χ0) is 13.1. The highest BCUT2D eigenvalue weighted by Gasteiger charge is 2.10. The number of hydrogen-bond acceptors (Lipinski definition) is 4. The minimum Gasteiger partial charge on any atom is -0.466 e. The number of nitrogens with one attached hydrogen (secondary N) is 1. The lowest BCUT2D eigenvalue weighted by Gasteiger charge is -2.11. The van der Waals surface area contributed by atoms with Crippen molar-refractivity contribution in [1.29, 1.82) is 0 Å². The SMILES string of the molecule is CCOC(=O)CCCNC(=O)CC(CC)CN. The summed E-state index contributed by atoms with van der Waals surface area (Å²) in [5, 5.41) is 2.78. The van der Waals surface area contributed by atoms with Gasteiger partial charge in [0.1, 0.15) is 0 Å². The molecule has 0 aromatic heterocycles. The van der Waals surface area contributed by atoms with Crippen LogP contribution in [0.4, 0.5) is 0 Å². The van der Waals surface area contributed by atoms with Crippen LogP contribution in [0.15, 0.2) is 0 Å². The Labute approximate surface area is 103 Å². The van der Waals surface area contributed by atoms with Gasteiger partial charge in [-0.25, -0.2) is 0 Å². The van der Waals surface area contributed by atoms with Crippen LogP contribution in [0.25, 0.3) is 0 Å². The summed E-state index contributed by atoms with van der Waals surface area (Å²) in [5.41, 5.74) is 5.52. The molecule has 0 heterocycles. The van der Waals surface area contributed by atoms with Crippen molar-refractivity contribution in [1.82, 2.24) is 5.32 Å². The molecular weight excluding hydrogens is 220 g/mol. The molecule has 5 nitrogen and oxygen atoms in total. The smallest absolute Gasteiger partial charge is 0.305 e. The molecule has 3 N–H and O–H groups in total. The van der Waals surface area contributed by atoms with Gasteiger partial charge in [0, 0.05) is 19.4 Å². The van der Waals surface area contributed by atoms with Crippen LogP contribution in [-0.4, -0.2) is 31.6 Å². The van der Waals surface area contributed by atoms with Crippen molar-refractivity contribution in [2.45, 2.75) is 39.5 Å². The van der Waals surface area contributed by atoms with Crippen molar-refractivity contribution >= 4 is 11.9 Å². The van der Waals surface area contributed by atoms with Crippen molar-refractivity contribution in [3.8, 4) is 0 Å². The van der Waals surface area contributed by atoms with Gasteiger partial charge in [-0.2, -0.15) is 0 Å². The minimum absolute atomic E-state index is 0.00570. The fourth-order valence-electron chi connectivity index (χ4n) is 1.42. The van der Waals surface area contributed by atoms with E-state index < -0.39 is 0 Å². The Hall–Kier alpha value is -1.10. The zero-order valence-electron chi connectivity index (χ0n) is 10.8. The van der Waals surface area contributed by atoms with Crippen LogP contribution in [0, 0.1) is 5.92 Å². The molecule has 0 rings (SSSR count). The first-order valence-corrected chi connectivity index (χ1v) is 6.26.